The summed E-state index contributed by atoms with van der Waals surface area (Å²) < 4.78 is 33.8. The minimum Gasteiger partial charge on any atom is -0.383 e. The Hall–Kier alpha value is -2.97. The second-order valence-corrected chi connectivity index (χ2v) is 7.25. The molecule has 1 amide bonds. The molecule has 4 rings (SSSR count). The fraction of sp³-hybridized carbons (Fsp3) is 0.318. The number of carbonyl (C=O) groups is 1. The number of fused-ring (bicyclic) bond motifs is 1. The van der Waals surface area contributed by atoms with Gasteiger partial charge in [0, 0.05) is 37.1 Å². The number of anilines is 3. The highest BCUT2D eigenvalue weighted by atomic mass is 19.1. The highest BCUT2D eigenvalue weighted by Crippen LogP contribution is 2.33. The van der Waals surface area contributed by atoms with Crippen molar-refractivity contribution in [3.05, 3.63) is 59.8 Å². The Morgan fingerprint density at radius 2 is 1.97 bits per heavy atom. The zero-order valence-electron chi connectivity index (χ0n) is 16.5. The Morgan fingerprint density at radius 3 is 2.77 bits per heavy atom. The molecular formula is C22H24F2N4O2. The normalized spacial score (nSPS) is 17.7. The highest BCUT2D eigenvalue weighted by molar-refractivity contribution is 6.31. The smallest absolute Gasteiger partial charge is 0.257 e. The molecule has 0 spiro atoms. The van der Waals surface area contributed by atoms with Gasteiger partial charge in [0.05, 0.1) is 30.2 Å². The topological polar surface area (TPSA) is 65.6 Å². The van der Waals surface area contributed by atoms with Crippen molar-refractivity contribution in [2.75, 3.05) is 55.3 Å². The molecule has 0 saturated carbocycles. The minimum absolute atomic E-state index is 0.175. The largest absolute Gasteiger partial charge is 0.383 e. The van der Waals surface area contributed by atoms with Crippen molar-refractivity contribution in [2.24, 2.45) is 0 Å². The van der Waals surface area contributed by atoms with Crippen LogP contribution in [-0.4, -0.2) is 50.2 Å². The molecule has 1 fully saturated rings. The summed E-state index contributed by atoms with van der Waals surface area (Å²) in [5.41, 5.74) is 1.71. The van der Waals surface area contributed by atoms with Crippen molar-refractivity contribution >= 4 is 28.5 Å². The number of ether oxygens (including phenoxy) is 1. The van der Waals surface area contributed by atoms with E-state index in [-0.39, 0.29) is 11.1 Å². The fourth-order valence-corrected chi connectivity index (χ4v) is 3.60. The average molecular weight is 414 g/mol. The van der Waals surface area contributed by atoms with E-state index in [1.807, 2.05) is 0 Å². The minimum atomic E-state index is -0.485. The van der Waals surface area contributed by atoms with Crippen LogP contribution in [0.2, 0.25) is 0 Å². The first kappa shape index (κ1) is 20.3. The van der Waals surface area contributed by atoms with E-state index in [1.54, 1.807) is 18.2 Å². The second kappa shape index (κ2) is 9.23. The first-order valence-corrected chi connectivity index (χ1v) is 10.0. The zero-order chi connectivity index (χ0) is 20.9. The van der Waals surface area contributed by atoms with Crippen LogP contribution in [0.25, 0.3) is 5.57 Å². The number of hydrogen-bond acceptors (Lipinski definition) is 5. The molecule has 30 heavy (non-hydrogen) atoms. The molecule has 0 atom stereocenters. The van der Waals surface area contributed by atoms with Crippen LogP contribution in [-0.2, 0) is 9.53 Å². The third-order valence-electron chi connectivity index (χ3n) is 5.20. The molecule has 0 aliphatic carbocycles. The number of morpholine rings is 1. The lowest BCUT2D eigenvalue weighted by atomic mass is 10.1. The van der Waals surface area contributed by atoms with Gasteiger partial charge in [-0.05, 0) is 43.3 Å². The number of hydrogen-bond donors (Lipinski definition) is 3. The number of nitrogens with zero attached hydrogens (tertiary/aromatic N) is 1. The van der Waals surface area contributed by atoms with E-state index in [4.69, 9.17) is 4.74 Å². The van der Waals surface area contributed by atoms with Crippen LogP contribution in [0.3, 0.4) is 0 Å². The number of benzene rings is 2. The third kappa shape index (κ3) is 4.60. The van der Waals surface area contributed by atoms with E-state index in [0.29, 0.717) is 23.6 Å². The molecule has 2 aromatic rings. The van der Waals surface area contributed by atoms with Gasteiger partial charge in [-0.2, -0.15) is 0 Å². The maximum Gasteiger partial charge on any atom is 0.257 e. The van der Waals surface area contributed by atoms with E-state index in [2.05, 4.69) is 20.9 Å². The van der Waals surface area contributed by atoms with Gasteiger partial charge in [0.25, 0.3) is 5.91 Å². The van der Waals surface area contributed by atoms with E-state index in [0.717, 1.165) is 39.3 Å². The Kier molecular flexibility index (Phi) is 6.25. The first-order chi connectivity index (χ1) is 14.6. The molecule has 2 aliphatic rings. The molecule has 3 N–H and O–H groups in total. The molecule has 0 unspecified atom stereocenters. The van der Waals surface area contributed by atoms with Gasteiger partial charge in [0.2, 0.25) is 0 Å². The number of amides is 1. The number of rotatable bonds is 7. The van der Waals surface area contributed by atoms with Gasteiger partial charge in [0.15, 0.2) is 0 Å². The summed E-state index contributed by atoms with van der Waals surface area (Å²) in [6, 6.07) is 9.17. The van der Waals surface area contributed by atoms with Crippen molar-refractivity contribution < 1.29 is 18.3 Å². The summed E-state index contributed by atoms with van der Waals surface area (Å²) >= 11 is 0. The van der Waals surface area contributed by atoms with Crippen LogP contribution in [0.1, 0.15) is 12.0 Å². The monoisotopic (exact) mass is 414 g/mol. The van der Waals surface area contributed by atoms with Gasteiger partial charge in [-0.3, -0.25) is 9.69 Å². The molecule has 2 aromatic carbocycles. The molecule has 2 heterocycles. The molecule has 2 aliphatic heterocycles. The molecule has 8 heteroatoms. The number of nitrogens with one attached hydrogen (secondary N) is 3. The first-order valence-electron chi connectivity index (χ1n) is 10.0. The highest BCUT2D eigenvalue weighted by Gasteiger charge is 2.27. The van der Waals surface area contributed by atoms with Crippen molar-refractivity contribution in [3.8, 4) is 0 Å². The van der Waals surface area contributed by atoms with Gasteiger partial charge in [0.1, 0.15) is 11.6 Å². The fourth-order valence-electron chi connectivity index (χ4n) is 3.60. The molecule has 6 nitrogen and oxygen atoms in total. The zero-order valence-corrected chi connectivity index (χ0v) is 16.5. The van der Waals surface area contributed by atoms with Crippen molar-refractivity contribution in [2.45, 2.75) is 6.42 Å². The van der Waals surface area contributed by atoms with Crippen LogP contribution in [0, 0.1) is 11.6 Å². The van der Waals surface area contributed by atoms with Crippen LogP contribution >= 0.6 is 0 Å². The molecule has 0 radical (unpaired) electrons. The molecule has 0 aromatic heterocycles. The second-order valence-electron chi connectivity index (χ2n) is 7.25. The molecular weight excluding hydrogens is 390 g/mol. The Labute approximate surface area is 173 Å². The summed E-state index contributed by atoms with van der Waals surface area (Å²) in [5, 5.41) is 8.62. The average Bonchev–Trinajstić information content (AvgIpc) is 3.08. The standard InChI is InChI=1S/C22H24F2N4O2/c23-17-3-1-4-20-21(17)16(22(29)27-20)14-26-15-5-6-19(18(24)13-15)25-7-2-8-28-9-11-30-12-10-28/h1,3-6,13-14,25-26H,2,7-12H2,(H,27,29)/b16-14-. The van der Waals surface area contributed by atoms with Crippen molar-refractivity contribution in [3.63, 3.8) is 0 Å². The lowest BCUT2D eigenvalue weighted by molar-refractivity contribution is -0.110. The van der Waals surface area contributed by atoms with Gasteiger partial charge < -0.3 is 20.7 Å². The van der Waals surface area contributed by atoms with Gasteiger partial charge in [-0.15, -0.1) is 0 Å². The van der Waals surface area contributed by atoms with Crippen molar-refractivity contribution in [1.82, 2.24) is 4.90 Å². The molecule has 158 valence electrons. The summed E-state index contributed by atoms with van der Waals surface area (Å²) in [7, 11) is 0. The molecule has 0 bridgehead atoms. The number of halogens is 2. The van der Waals surface area contributed by atoms with Crippen molar-refractivity contribution in [1.29, 1.82) is 0 Å². The van der Waals surface area contributed by atoms with Gasteiger partial charge in [-0.1, -0.05) is 6.07 Å². The van der Waals surface area contributed by atoms with E-state index in [9.17, 15) is 13.6 Å². The van der Waals surface area contributed by atoms with Crippen LogP contribution in [0.4, 0.5) is 25.8 Å². The third-order valence-corrected chi connectivity index (χ3v) is 5.20. The van der Waals surface area contributed by atoms with E-state index >= 15 is 0 Å². The molecule has 1 saturated heterocycles. The predicted molar refractivity (Wildman–Crippen MR) is 113 cm³/mol. The summed E-state index contributed by atoms with van der Waals surface area (Å²) in [6.45, 7) is 5.04. The Morgan fingerprint density at radius 1 is 1.13 bits per heavy atom. The maximum atomic E-state index is 14.4. The summed E-state index contributed by atoms with van der Waals surface area (Å²) in [6.07, 6.45) is 2.31. The predicted octanol–water partition coefficient (Wildman–Crippen LogP) is 3.50. The van der Waals surface area contributed by atoms with E-state index in [1.165, 1.54) is 24.4 Å². The van der Waals surface area contributed by atoms with Gasteiger partial charge >= 0.3 is 0 Å². The van der Waals surface area contributed by atoms with Gasteiger partial charge in [-0.25, -0.2) is 8.78 Å². The Balaban J connectivity index is 1.34. The SMILES string of the molecule is O=C1Nc2cccc(F)c2/C1=C/Nc1ccc(NCCCN2CCOCC2)c(F)c1. The van der Waals surface area contributed by atoms with Crippen LogP contribution < -0.4 is 16.0 Å². The number of carbonyl (C=O) groups excluding carboxylic acids is 1. The maximum absolute atomic E-state index is 14.4. The lowest BCUT2D eigenvalue weighted by Gasteiger charge is -2.26. The van der Waals surface area contributed by atoms with Crippen LogP contribution in [0.15, 0.2) is 42.6 Å². The summed E-state index contributed by atoms with van der Waals surface area (Å²) in [4.78, 5) is 14.4. The quantitative estimate of drug-likeness (QED) is 0.478. The van der Waals surface area contributed by atoms with Crippen LogP contribution in [0.5, 0.6) is 0 Å². The summed E-state index contributed by atoms with van der Waals surface area (Å²) in [5.74, 6) is -1.28. The Bertz CT molecular complexity index is 958. The lowest BCUT2D eigenvalue weighted by Crippen LogP contribution is -2.37. The van der Waals surface area contributed by atoms with E-state index < -0.39 is 17.5 Å².